The van der Waals surface area contributed by atoms with Gasteiger partial charge in [-0.3, -0.25) is 4.79 Å². The molecule has 3 heteroatoms. The van der Waals surface area contributed by atoms with Crippen LogP contribution in [0.25, 0.3) is 10.9 Å². The maximum absolute atomic E-state index is 11.4. The average Bonchev–Trinajstić information content (AvgIpc) is 2.80. The fraction of sp³-hybridized carbons (Fsp3) is 0.111. The van der Waals surface area contributed by atoms with Crippen molar-refractivity contribution < 1.29 is 4.79 Å². The number of aromatic nitrogens is 1. The number of hydrogen-bond donors (Lipinski definition) is 0. The van der Waals surface area contributed by atoms with Crippen LogP contribution >= 0.6 is 0 Å². The fourth-order valence-corrected chi connectivity index (χ4v) is 2.75. The van der Waals surface area contributed by atoms with Gasteiger partial charge in [-0.05, 0) is 24.6 Å². The molecule has 0 amide bonds. The Morgan fingerprint density at radius 3 is 2.62 bits per heavy atom. The number of fused-ring (bicyclic) bond motifs is 1. The van der Waals surface area contributed by atoms with Crippen LogP contribution in [0.15, 0.2) is 48.5 Å². The summed E-state index contributed by atoms with van der Waals surface area (Å²) in [5, 5.41) is 10.2. The maximum atomic E-state index is 11.4. The van der Waals surface area contributed by atoms with Crippen LogP contribution < -0.4 is 0 Å². The molecule has 0 unspecified atom stereocenters. The molecule has 3 aromatic rings. The van der Waals surface area contributed by atoms with Gasteiger partial charge in [0.05, 0.1) is 11.6 Å². The van der Waals surface area contributed by atoms with Crippen LogP contribution in [-0.2, 0) is 6.54 Å². The molecule has 1 aromatic heterocycles. The summed E-state index contributed by atoms with van der Waals surface area (Å²) >= 11 is 0. The maximum Gasteiger partial charge on any atom is 0.152 e. The molecule has 0 fully saturated rings. The van der Waals surface area contributed by atoms with Crippen LogP contribution in [0, 0.1) is 18.3 Å². The van der Waals surface area contributed by atoms with Crippen molar-refractivity contribution in [2.75, 3.05) is 0 Å². The van der Waals surface area contributed by atoms with Crippen molar-refractivity contribution in [1.29, 1.82) is 5.26 Å². The number of benzene rings is 2. The molecule has 0 N–H and O–H groups in total. The Balaban J connectivity index is 2.20. The molecule has 0 bridgehead atoms. The number of carbonyl (C=O) groups is 1. The van der Waals surface area contributed by atoms with Gasteiger partial charge in [0.2, 0.25) is 0 Å². The summed E-state index contributed by atoms with van der Waals surface area (Å²) in [6.07, 6.45) is 0.907. The minimum atomic E-state index is 0.587. The predicted octanol–water partition coefficient (Wildman–Crippen LogP) is 3.68. The zero-order chi connectivity index (χ0) is 14.8. The summed E-state index contributed by atoms with van der Waals surface area (Å²) in [5.74, 6) is 0. The molecule has 1 heterocycles. The van der Waals surface area contributed by atoms with Gasteiger partial charge < -0.3 is 4.57 Å². The Kier molecular flexibility index (Phi) is 3.29. The number of nitrogens with zero attached hydrogens (tertiary/aromatic N) is 2. The van der Waals surface area contributed by atoms with Crippen molar-refractivity contribution in [1.82, 2.24) is 4.57 Å². The summed E-state index contributed by atoms with van der Waals surface area (Å²) in [6, 6.07) is 17.6. The van der Waals surface area contributed by atoms with Crippen LogP contribution in [0.2, 0.25) is 0 Å². The van der Waals surface area contributed by atoms with E-state index in [9.17, 15) is 10.1 Å². The number of aldehydes is 1. The lowest BCUT2D eigenvalue weighted by Crippen LogP contribution is -2.04. The molecule has 0 aliphatic carbocycles. The van der Waals surface area contributed by atoms with Crippen LogP contribution in [-0.4, -0.2) is 10.9 Å². The van der Waals surface area contributed by atoms with E-state index in [1.165, 1.54) is 0 Å². The van der Waals surface area contributed by atoms with Gasteiger partial charge in [-0.2, -0.15) is 5.26 Å². The molecule has 0 spiro atoms. The van der Waals surface area contributed by atoms with E-state index in [0.29, 0.717) is 12.1 Å². The van der Waals surface area contributed by atoms with Crippen LogP contribution in [0.4, 0.5) is 0 Å². The van der Waals surface area contributed by atoms with E-state index in [4.69, 9.17) is 0 Å². The van der Waals surface area contributed by atoms with Gasteiger partial charge in [-0.15, -0.1) is 0 Å². The topological polar surface area (TPSA) is 45.8 Å². The lowest BCUT2D eigenvalue weighted by atomic mass is 10.1. The average molecular weight is 274 g/mol. The quantitative estimate of drug-likeness (QED) is 0.684. The smallest absolute Gasteiger partial charge is 0.152 e. The first-order valence-corrected chi connectivity index (χ1v) is 6.77. The zero-order valence-corrected chi connectivity index (χ0v) is 11.7. The first-order chi connectivity index (χ1) is 10.3. The molecule has 21 heavy (non-hydrogen) atoms. The van der Waals surface area contributed by atoms with Crippen molar-refractivity contribution in [3.8, 4) is 6.07 Å². The van der Waals surface area contributed by atoms with Crippen LogP contribution in [0.3, 0.4) is 0 Å². The summed E-state index contributed by atoms with van der Waals surface area (Å²) in [7, 11) is 0. The van der Waals surface area contributed by atoms with E-state index in [-0.39, 0.29) is 0 Å². The second-order valence-corrected chi connectivity index (χ2v) is 4.99. The monoisotopic (exact) mass is 274 g/mol. The molecular weight excluding hydrogens is 260 g/mol. The van der Waals surface area contributed by atoms with E-state index >= 15 is 0 Å². The molecule has 0 radical (unpaired) electrons. The number of rotatable bonds is 3. The van der Waals surface area contributed by atoms with E-state index in [0.717, 1.165) is 34.0 Å². The molecule has 0 atom stereocenters. The van der Waals surface area contributed by atoms with Crippen LogP contribution in [0.5, 0.6) is 0 Å². The summed E-state index contributed by atoms with van der Waals surface area (Å²) in [6.45, 7) is 2.53. The highest BCUT2D eigenvalue weighted by molar-refractivity contribution is 5.99. The van der Waals surface area contributed by atoms with Gasteiger partial charge in [0.15, 0.2) is 6.29 Å². The number of para-hydroxylation sites is 1. The normalized spacial score (nSPS) is 10.5. The van der Waals surface area contributed by atoms with Gasteiger partial charge in [0.1, 0.15) is 0 Å². The van der Waals surface area contributed by atoms with Crippen molar-refractivity contribution >= 4 is 17.2 Å². The highest BCUT2D eigenvalue weighted by Crippen LogP contribution is 2.25. The SMILES string of the molecule is Cc1c(C=O)c2ccccc2n1Cc1ccccc1C#N. The van der Waals surface area contributed by atoms with Gasteiger partial charge in [0.25, 0.3) is 0 Å². The summed E-state index contributed by atoms with van der Waals surface area (Å²) in [5.41, 5.74) is 4.30. The standard InChI is InChI=1S/C18H14N2O/c1-13-17(12-21)16-8-4-5-9-18(16)20(13)11-15-7-3-2-6-14(15)10-19/h2-9,12H,11H2,1H3. The van der Waals surface area contributed by atoms with Crippen molar-refractivity contribution in [2.24, 2.45) is 0 Å². The molecule has 0 saturated heterocycles. The highest BCUT2D eigenvalue weighted by Gasteiger charge is 2.14. The second-order valence-electron chi connectivity index (χ2n) is 4.99. The summed E-state index contributed by atoms with van der Waals surface area (Å²) < 4.78 is 2.09. The Morgan fingerprint density at radius 1 is 1.14 bits per heavy atom. The van der Waals surface area contributed by atoms with Gasteiger partial charge in [-0.25, -0.2) is 0 Å². The zero-order valence-electron chi connectivity index (χ0n) is 11.7. The molecule has 0 saturated carbocycles. The van der Waals surface area contributed by atoms with Gasteiger partial charge >= 0.3 is 0 Å². The lowest BCUT2D eigenvalue weighted by molar-refractivity contribution is 0.112. The Hall–Kier alpha value is -2.86. The number of carbonyl (C=O) groups excluding carboxylic acids is 1. The van der Waals surface area contributed by atoms with E-state index < -0.39 is 0 Å². The number of hydrogen-bond acceptors (Lipinski definition) is 2. The third kappa shape index (κ3) is 2.11. The predicted molar refractivity (Wildman–Crippen MR) is 82.3 cm³/mol. The minimum absolute atomic E-state index is 0.587. The largest absolute Gasteiger partial charge is 0.340 e. The first-order valence-electron chi connectivity index (χ1n) is 6.77. The van der Waals surface area contributed by atoms with Crippen LogP contribution in [0.1, 0.15) is 27.2 Å². The van der Waals surface area contributed by atoms with Crippen molar-refractivity contribution in [2.45, 2.75) is 13.5 Å². The molecule has 0 aliphatic heterocycles. The molecule has 3 rings (SSSR count). The summed E-state index contributed by atoms with van der Waals surface area (Å²) in [4.78, 5) is 11.4. The molecule has 102 valence electrons. The highest BCUT2D eigenvalue weighted by atomic mass is 16.1. The van der Waals surface area contributed by atoms with Crippen molar-refractivity contribution in [3.63, 3.8) is 0 Å². The van der Waals surface area contributed by atoms with Gasteiger partial charge in [0, 0.05) is 28.7 Å². The first kappa shape index (κ1) is 13.1. The molecule has 3 nitrogen and oxygen atoms in total. The van der Waals surface area contributed by atoms with E-state index in [1.807, 2.05) is 55.5 Å². The Morgan fingerprint density at radius 2 is 1.86 bits per heavy atom. The fourth-order valence-electron chi connectivity index (χ4n) is 2.75. The third-order valence-electron chi connectivity index (χ3n) is 3.86. The van der Waals surface area contributed by atoms with Crippen molar-refractivity contribution in [3.05, 3.63) is 70.9 Å². The molecular formula is C18H14N2O. The molecule has 0 aliphatic rings. The van der Waals surface area contributed by atoms with E-state index in [1.54, 1.807) is 0 Å². The molecule has 2 aromatic carbocycles. The third-order valence-corrected chi connectivity index (χ3v) is 3.86. The Labute approximate surface area is 123 Å². The Bertz CT molecular complexity index is 869. The lowest BCUT2D eigenvalue weighted by Gasteiger charge is -2.10. The number of nitriles is 1. The minimum Gasteiger partial charge on any atom is -0.340 e. The second kappa shape index (κ2) is 5.26. The van der Waals surface area contributed by atoms with E-state index in [2.05, 4.69) is 10.6 Å². The van der Waals surface area contributed by atoms with Gasteiger partial charge in [-0.1, -0.05) is 36.4 Å².